The van der Waals surface area contributed by atoms with Gasteiger partial charge in [0.1, 0.15) is 30.8 Å². The Hall–Kier alpha value is -1.46. The van der Waals surface area contributed by atoms with Crippen LogP contribution in [0.25, 0.3) is 11.0 Å². The number of nitrogens with one attached hydrogen (secondary N) is 1. The molecule has 1 N–H and O–H groups in total. The highest BCUT2D eigenvalue weighted by atomic mass is 16.5. The third kappa shape index (κ3) is 3.40. The van der Waals surface area contributed by atoms with Crippen molar-refractivity contribution in [1.29, 1.82) is 0 Å². The van der Waals surface area contributed by atoms with Gasteiger partial charge in [-0.25, -0.2) is 0 Å². The smallest absolute Gasteiger partial charge is 0.195 e. The van der Waals surface area contributed by atoms with E-state index in [0.717, 1.165) is 37.4 Å². The van der Waals surface area contributed by atoms with E-state index in [1.54, 1.807) is 4.90 Å². The number of rotatable bonds is 2. The number of para-hydroxylation sites is 1. The molecule has 2 aromatic rings. The van der Waals surface area contributed by atoms with Gasteiger partial charge in [-0.3, -0.25) is 0 Å². The second-order valence-electron chi connectivity index (χ2n) is 9.93. The Kier molecular flexibility index (Phi) is 4.79. The average Bonchev–Trinajstić information content (AvgIpc) is 3.05. The molecule has 0 radical (unpaired) electrons. The highest BCUT2D eigenvalue weighted by molar-refractivity contribution is 5.74. The van der Waals surface area contributed by atoms with Crippen LogP contribution in [0.4, 0.5) is 0 Å². The van der Waals surface area contributed by atoms with Crippen LogP contribution in [0.1, 0.15) is 60.3 Å². The van der Waals surface area contributed by atoms with Gasteiger partial charge < -0.3 is 9.64 Å². The van der Waals surface area contributed by atoms with E-state index in [1.807, 2.05) is 0 Å². The molecule has 2 aliphatic rings. The molecule has 2 heterocycles. The molecule has 1 saturated heterocycles. The molecule has 1 saturated carbocycles. The molecule has 0 spiro atoms. The van der Waals surface area contributed by atoms with Crippen LogP contribution in [0.5, 0.6) is 0 Å². The minimum absolute atomic E-state index is 0.00977. The van der Waals surface area contributed by atoms with Crippen molar-refractivity contribution < 1.29 is 9.64 Å². The number of aromatic nitrogens is 3. The predicted molar refractivity (Wildman–Crippen MR) is 108 cm³/mol. The zero-order chi connectivity index (χ0) is 19.2. The summed E-state index contributed by atoms with van der Waals surface area (Å²) in [5, 5.41) is 9.22. The van der Waals surface area contributed by atoms with Gasteiger partial charge in [-0.15, -0.1) is 5.10 Å². The van der Waals surface area contributed by atoms with E-state index in [-0.39, 0.29) is 17.9 Å². The fraction of sp³-hybridized carbons (Fsp3) is 0.727. The normalized spacial score (nSPS) is 35.4. The summed E-state index contributed by atoms with van der Waals surface area (Å²) in [5.41, 5.74) is 2.54. The lowest BCUT2D eigenvalue weighted by molar-refractivity contribution is -0.987. The number of benzene rings is 1. The Morgan fingerprint density at radius 3 is 2.33 bits per heavy atom. The number of nitrogens with zero attached hydrogens (tertiary/aromatic N) is 3. The first-order valence-electron chi connectivity index (χ1n) is 10.6. The monoisotopic (exact) mass is 371 g/mol. The molecule has 0 bridgehead atoms. The lowest BCUT2D eigenvalue weighted by Gasteiger charge is -2.49. The van der Waals surface area contributed by atoms with Crippen molar-refractivity contribution in [2.45, 2.75) is 78.2 Å². The minimum atomic E-state index is -0.00977. The first-order valence-corrected chi connectivity index (χ1v) is 10.6. The van der Waals surface area contributed by atoms with Crippen LogP contribution in [0.3, 0.4) is 0 Å². The van der Waals surface area contributed by atoms with E-state index >= 15 is 0 Å². The van der Waals surface area contributed by atoms with Gasteiger partial charge >= 0.3 is 0 Å². The average molecular weight is 372 g/mol. The number of ether oxygens (including phenoxy) is 1. The molecule has 1 aliphatic heterocycles. The molecular weight excluding hydrogens is 336 g/mol. The van der Waals surface area contributed by atoms with Gasteiger partial charge in [0.15, 0.2) is 5.66 Å². The summed E-state index contributed by atoms with van der Waals surface area (Å²) < 4.78 is 8.35. The van der Waals surface area contributed by atoms with Crippen molar-refractivity contribution in [3.63, 3.8) is 0 Å². The summed E-state index contributed by atoms with van der Waals surface area (Å²) >= 11 is 0. The van der Waals surface area contributed by atoms with Crippen LogP contribution < -0.4 is 4.90 Å². The standard InChI is InChI=1S/C22H34N4O/c1-16-14-25(15-17(2)27-16)22(12-10-18(11-13-22)21(3,4)5)26-20-9-7-6-8-19(20)23-24-26/h6-9,16-18H,10-15H2,1-5H3/p+1/t16-,17+,18?,22?. The lowest BCUT2D eigenvalue weighted by atomic mass is 9.69. The first kappa shape index (κ1) is 18.9. The second kappa shape index (κ2) is 6.85. The Labute approximate surface area is 163 Å². The minimum Gasteiger partial charge on any atom is -0.364 e. The van der Waals surface area contributed by atoms with Crippen LogP contribution in [-0.2, 0) is 10.4 Å². The molecule has 0 amide bonds. The van der Waals surface area contributed by atoms with Gasteiger partial charge in [-0.05, 0) is 50.2 Å². The topological polar surface area (TPSA) is 44.4 Å². The van der Waals surface area contributed by atoms with Gasteiger partial charge in [0.25, 0.3) is 0 Å². The van der Waals surface area contributed by atoms with E-state index in [4.69, 9.17) is 9.95 Å². The highest BCUT2D eigenvalue weighted by Gasteiger charge is 2.50. The SMILES string of the molecule is C[C@@H]1C[NH+](C2(n3nnc4ccccc43)CCC(C(C)(C)C)CC2)C[C@H](C)O1. The largest absolute Gasteiger partial charge is 0.364 e. The van der Waals surface area contributed by atoms with Gasteiger partial charge in [0.05, 0.1) is 5.52 Å². The molecule has 148 valence electrons. The maximum absolute atomic E-state index is 6.07. The third-order valence-electron chi connectivity index (χ3n) is 6.99. The van der Waals surface area contributed by atoms with E-state index in [0.29, 0.717) is 5.41 Å². The Balaban J connectivity index is 1.74. The van der Waals surface area contributed by atoms with Crippen molar-refractivity contribution in [1.82, 2.24) is 15.0 Å². The van der Waals surface area contributed by atoms with E-state index < -0.39 is 0 Å². The number of morpholine rings is 1. The summed E-state index contributed by atoms with van der Waals surface area (Å²) in [6.07, 6.45) is 5.41. The van der Waals surface area contributed by atoms with Crippen LogP contribution >= 0.6 is 0 Å². The number of hydrogen-bond acceptors (Lipinski definition) is 3. The maximum atomic E-state index is 6.07. The molecule has 5 nitrogen and oxygen atoms in total. The molecule has 27 heavy (non-hydrogen) atoms. The molecular formula is C22H35N4O+. The van der Waals surface area contributed by atoms with Gasteiger partial charge in [-0.2, -0.15) is 4.68 Å². The zero-order valence-corrected chi connectivity index (χ0v) is 17.5. The fourth-order valence-electron chi connectivity index (χ4n) is 5.51. The van der Waals surface area contributed by atoms with E-state index in [9.17, 15) is 0 Å². The van der Waals surface area contributed by atoms with Crippen molar-refractivity contribution in [2.75, 3.05) is 13.1 Å². The first-order chi connectivity index (χ1) is 12.8. The van der Waals surface area contributed by atoms with Crippen LogP contribution in [0, 0.1) is 11.3 Å². The number of fused-ring (bicyclic) bond motifs is 1. The quantitative estimate of drug-likeness (QED) is 0.883. The van der Waals surface area contributed by atoms with E-state index in [1.165, 1.54) is 18.4 Å². The summed E-state index contributed by atoms with van der Waals surface area (Å²) in [5.74, 6) is 0.774. The lowest BCUT2D eigenvalue weighted by Crippen LogP contribution is -3.22. The third-order valence-corrected chi connectivity index (χ3v) is 6.99. The van der Waals surface area contributed by atoms with Crippen molar-refractivity contribution in [2.24, 2.45) is 11.3 Å². The molecule has 2 fully saturated rings. The predicted octanol–water partition coefficient (Wildman–Crippen LogP) is 3.01. The molecule has 1 aromatic carbocycles. The molecule has 1 aliphatic carbocycles. The summed E-state index contributed by atoms with van der Waals surface area (Å²) in [4.78, 5) is 1.62. The fourth-order valence-corrected chi connectivity index (χ4v) is 5.51. The van der Waals surface area contributed by atoms with Crippen molar-refractivity contribution >= 4 is 11.0 Å². The Bertz CT molecular complexity index is 775. The van der Waals surface area contributed by atoms with Crippen molar-refractivity contribution in [3.05, 3.63) is 24.3 Å². The maximum Gasteiger partial charge on any atom is 0.195 e. The zero-order valence-electron chi connectivity index (χ0n) is 17.5. The van der Waals surface area contributed by atoms with Gasteiger partial charge in [0.2, 0.25) is 0 Å². The second-order valence-corrected chi connectivity index (χ2v) is 9.93. The molecule has 5 heteroatoms. The number of quaternary nitrogens is 1. The van der Waals surface area contributed by atoms with Crippen molar-refractivity contribution in [3.8, 4) is 0 Å². The summed E-state index contributed by atoms with van der Waals surface area (Å²) in [6.45, 7) is 13.7. The van der Waals surface area contributed by atoms with Crippen LogP contribution in [-0.4, -0.2) is 40.3 Å². The van der Waals surface area contributed by atoms with Crippen LogP contribution in [0.2, 0.25) is 0 Å². The van der Waals surface area contributed by atoms with Crippen LogP contribution in [0.15, 0.2) is 24.3 Å². The van der Waals surface area contributed by atoms with E-state index in [2.05, 4.69) is 68.7 Å². The molecule has 1 aromatic heterocycles. The molecule has 3 atom stereocenters. The molecule has 1 unspecified atom stereocenters. The van der Waals surface area contributed by atoms with Gasteiger partial charge in [0, 0.05) is 12.8 Å². The molecule has 4 rings (SSSR count). The highest BCUT2D eigenvalue weighted by Crippen LogP contribution is 2.42. The Morgan fingerprint density at radius 1 is 1.07 bits per heavy atom. The summed E-state index contributed by atoms with van der Waals surface area (Å²) in [6, 6.07) is 8.42. The number of hydrogen-bond donors (Lipinski definition) is 1. The summed E-state index contributed by atoms with van der Waals surface area (Å²) in [7, 11) is 0. The Morgan fingerprint density at radius 2 is 1.70 bits per heavy atom. The van der Waals surface area contributed by atoms with Gasteiger partial charge in [-0.1, -0.05) is 38.1 Å².